The van der Waals surface area contributed by atoms with Crippen LogP contribution < -0.4 is 15.4 Å². The summed E-state index contributed by atoms with van der Waals surface area (Å²) in [6.45, 7) is 3.36. The molecule has 1 aromatic rings. The normalized spacial score (nSPS) is 27.0. The van der Waals surface area contributed by atoms with Gasteiger partial charge in [0.1, 0.15) is 5.75 Å². The largest absolute Gasteiger partial charge is 0.494 e. The van der Waals surface area contributed by atoms with E-state index in [4.69, 9.17) is 9.47 Å². The molecule has 2 N–H and O–H groups in total. The van der Waals surface area contributed by atoms with E-state index >= 15 is 0 Å². The minimum atomic E-state index is 0.347. The van der Waals surface area contributed by atoms with E-state index in [1.54, 1.807) is 7.05 Å². The Morgan fingerprint density at radius 2 is 2.23 bits per heavy atom. The maximum absolute atomic E-state index is 5.88. The van der Waals surface area contributed by atoms with Crippen LogP contribution in [-0.4, -0.2) is 37.9 Å². The lowest BCUT2D eigenvalue weighted by Crippen LogP contribution is -2.47. The topological polar surface area (TPSA) is 54.9 Å². The number of guanidine groups is 1. The zero-order valence-electron chi connectivity index (χ0n) is 13.3. The number of hydrogen-bond donors (Lipinski definition) is 2. The fourth-order valence-electron chi connectivity index (χ4n) is 3.29. The summed E-state index contributed by atoms with van der Waals surface area (Å²) < 4.78 is 11.5. The highest BCUT2D eigenvalue weighted by atomic mass is 16.5. The van der Waals surface area contributed by atoms with Gasteiger partial charge < -0.3 is 20.1 Å². The molecule has 0 aromatic heterocycles. The van der Waals surface area contributed by atoms with Crippen LogP contribution in [0.5, 0.6) is 5.75 Å². The average molecular weight is 303 g/mol. The van der Waals surface area contributed by atoms with Gasteiger partial charge >= 0.3 is 0 Å². The molecule has 0 aliphatic carbocycles. The van der Waals surface area contributed by atoms with E-state index < -0.39 is 0 Å². The van der Waals surface area contributed by atoms with E-state index in [9.17, 15) is 0 Å². The third-order valence-corrected chi connectivity index (χ3v) is 4.37. The number of fused-ring (bicyclic) bond motifs is 2. The van der Waals surface area contributed by atoms with E-state index in [0.29, 0.717) is 31.4 Å². The van der Waals surface area contributed by atoms with Crippen LogP contribution in [0, 0.1) is 0 Å². The van der Waals surface area contributed by atoms with Crippen molar-refractivity contribution in [2.45, 2.75) is 51.0 Å². The Balaban J connectivity index is 1.55. The molecule has 5 nitrogen and oxygen atoms in total. The van der Waals surface area contributed by atoms with Gasteiger partial charge in [0, 0.05) is 19.2 Å². The van der Waals surface area contributed by atoms with Crippen LogP contribution in [0.3, 0.4) is 0 Å². The van der Waals surface area contributed by atoms with Gasteiger partial charge in [-0.05, 0) is 32.3 Å². The predicted molar refractivity (Wildman–Crippen MR) is 87.2 cm³/mol. The molecule has 0 saturated carbocycles. The van der Waals surface area contributed by atoms with Crippen LogP contribution in [0.25, 0.3) is 0 Å². The monoisotopic (exact) mass is 303 g/mol. The first-order valence-corrected chi connectivity index (χ1v) is 8.13. The Kier molecular flexibility index (Phi) is 4.83. The molecule has 5 heteroatoms. The van der Waals surface area contributed by atoms with Gasteiger partial charge in [-0.2, -0.15) is 0 Å². The summed E-state index contributed by atoms with van der Waals surface area (Å²) in [4.78, 5) is 4.32. The number of nitrogens with zero attached hydrogens (tertiary/aromatic N) is 1. The van der Waals surface area contributed by atoms with Gasteiger partial charge in [-0.15, -0.1) is 0 Å². The highest BCUT2D eigenvalue weighted by molar-refractivity contribution is 5.80. The van der Waals surface area contributed by atoms with Crippen molar-refractivity contribution in [1.82, 2.24) is 10.6 Å². The van der Waals surface area contributed by atoms with Crippen molar-refractivity contribution in [2.75, 3.05) is 13.7 Å². The number of benzene rings is 1. The second-order valence-corrected chi connectivity index (χ2v) is 5.83. The van der Waals surface area contributed by atoms with Crippen molar-refractivity contribution in [1.29, 1.82) is 0 Å². The lowest BCUT2D eigenvalue weighted by atomic mass is 9.96. The van der Waals surface area contributed by atoms with E-state index in [1.165, 1.54) is 6.42 Å². The summed E-state index contributed by atoms with van der Waals surface area (Å²) in [6, 6.07) is 8.48. The molecular weight excluding hydrogens is 278 g/mol. The fourth-order valence-corrected chi connectivity index (χ4v) is 3.29. The van der Waals surface area contributed by atoms with Gasteiger partial charge in [0.2, 0.25) is 0 Å². The quantitative estimate of drug-likeness (QED) is 0.646. The standard InChI is InChI=1S/C17H25N3O2/c1-3-21-15-7-5-4-6-12(15)11-19-17(18-2)20-14-10-13-8-9-16(14)22-13/h4-7,13-14,16H,3,8-11H2,1-2H3,(H2,18,19,20). The third-order valence-electron chi connectivity index (χ3n) is 4.37. The van der Waals surface area contributed by atoms with Crippen molar-refractivity contribution >= 4 is 5.96 Å². The minimum Gasteiger partial charge on any atom is -0.494 e. The maximum Gasteiger partial charge on any atom is 0.191 e. The van der Waals surface area contributed by atoms with Gasteiger partial charge in [-0.3, -0.25) is 4.99 Å². The van der Waals surface area contributed by atoms with Crippen LogP contribution in [0.2, 0.25) is 0 Å². The summed E-state index contributed by atoms with van der Waals surface area (Å²) in [5.41, 5.74) is 1.14. The van der Waals surface area contributed by atoms with Crippen molar-refractivity contribution in [3.63, 3.8) is 0 Å². The van der Waals surface area contributed by atoms with E-state index in [0.717, 1.165) is 30.1 Å². The molecule has 3 rings (SSSR count). The van der Waals surface area contributed by atoms with Crippen molar-refractivity contribution in [3.05, 3.63) is 29.8 Å². The Hall–Kier alpha value is -1.75. The molecule has 1 aromatic carbocycles. The Labute approximate surface area is 132 Å². The molecule has 0 radical (unpaired) electrons. The SMILES string of the molecule is CCOc1ccccc1CNC(=NC)NC1CC2CCC1O2. The number of aliphatic imine (C=N–C) groups is 1. The molecule has 2 bridgehead atoms. The van der Waals surface area contributed by atoms with Gasteiger partial charge in [-0.1, -0.05) is 18.2 Å². The summed E-state index contributed by atoms with van der Waals surface area (Å²) in [5.74, 6) is 1.75. The van der Waals surface area contributed by atoms with Crippen molar-refractivity contribution < 1.29 is 9.47 Å². The number of para-hydroxylation sites is 1. The van der Waals surface area contributed by atoms with Crippen molar-refractivity contribution in [2.24, 2.45) is 4.99 Å². The van der Waals surface area contributed by atoms with Gasteiger partial charge in [0.25, 0.3) is 0 Å². The Bertz CT molecular complexity index is 532. The highest BCUT2D eigenvalue weighted by Crippen LogP contribution is 2.34. The van der Waals surface area contributed by atoms with Crippen LogP contribution in [0.15, 0.2) is 29.3 Å². The smallest absolute Gasteiger partial charge is 0.191 e. The summed E-state index contributed by atoms with van der Waals surface area (Å²) in [6.07, 6.45) is 4.24. The van der Waals surface area contributed by atoms with Gasteiger partial charge in [0.15, 0.2) is 5.96 Å². The Morgan fingerprint density at radius 1 is 1.36 bits per heavy atom. The maximum atomic E-state index is 5.88. The second kappa shape index (κ2) is 7.01. The first kappa shape index (κ1) is 15.2. The molecule has 2 fully saturated rings. The molecule has 2 heterocycles. The highest BCUT2D eigenvalue weighted by Gasteiger charge is 2.41. The number of rotatable bonds is 5. The summed E-state index contributed by atoms with van der Waals surface area (Å²) in [5, 5.41) is 6.87. The van der Waals surface area contributed by atoms with E-state index in [-0.39, 0.29) is 0 Å². The zero-order chi connectivity index (χ0) is 15.4. The molecule has 22 heavy (non-hydrogen) atoms. The number of hydrogen-bond acceptors (Lipinski definition) is 3. The average Bonchev–Trinajstić information content (AvgIpc) is 3.15. The van der Waals surface area contributed by atoms with E-state index in [1.807, 2.05) is 25.1 Å². The molecule has 3 unspecified atom stereocenters. The predicted octanol–water partition coefficient (Wildman–Crippen LogP) is 2.07. The van der Waals surface area contributed by atoms with Crippen LogP contribution in [-0.2, 0) is 11.3 Å². The second-order valence-electron chi connectivity index (χ2n) is 5.83. The minimum absolute atomic E-state index is 0.347. The molecule has 2 aliphatic rings. The van der Waals surface area contributed by atoms with Gasteiger partial charge in [0.05, 0.1) is 24.9 Å². The molecule has 3 atom stereocenters. The third kappa shape index (κ3) is 3.35. The van der Waals surface area contributed by atoms with Crippen LogP contribution in [0.1, 0.15) is 31.7 Å². The number of ether oxygens (including phenoxy) is 2. The Morgan fingerprint density at radius 3 is 2.91 bits per heavy atom. The first-order valence-electron chi connectivity index (χ1n) is 8.13. The number of nitrogens with one attached hydrogen (secondary N) is 2. The summed E-state index contributed by atoms with van der Waals surface area (Å²) in [7, 11) is 1.80. The van der Waals surface area contributed by atoms with E-state index in [2.05, 4.69) is 21.7 Å². The van der Waals surface area contributed by atoms with Gasteiger partial charge in [-0.25, -0.2) is 0 Å². The molecule has 120 valence electrons. The fraction of sp³-hybridized carbons (Fsp3) is 0.588. The zero-order valence-corrected chi connectivity index (χ0v) is 13.3. The molecular formula is C17H25N3O2. The lowest BCUT2D eigenvalue weighted by molar-refractivity contribution is 0.0992. The molecule has 0 spiro atoms. The molecule has 2 aliphatic heterocycles. The van der Waals surface area contributed by atoms with Crippen LogP contribution in [0.4, 0.5) is 0 Å². The molecule has 0 amide bonds. The van der Waals surface area contributed by atoms with Crippen molar-refractivity contribution in [3.8, 4) is 5.75 Å². The van der Waals surface area contributed by atoms with Crippen LogP contribution >= 0.6 is 0 Å². The summed E-state index contributed by atoms with van der Waals surface area (Å²) >= 11 is 0. The molecule has 2 saturated heterocycles. The first-order chi connectivity index (χ1) is 10.8. The lowest BCUT2D eigenvalue weighted by Gasteiger charge is -2.23.